The molecule has 1 saturated heterocycles. The number of amides is 1. The quantitative estimate of drug-likeness (QED) is 0.597. The predicted octanol–water partition coefficient (Wildman–Crippen LogP) is 5.72. The van der Waals surface area contributed by atoms with Gasteiger partial charge in [0.25, 0.3) is 0 Å². The van der Waals surface area contributed by atoms with Crippen molar-refractivity contribution in [3.05, 3.63) is 69.5 Å². The lowest BCUT2D eigenvalue weighted by atomic mass is 9.79. The molecule has 0 aliphatic carbocycles. The number of hydrogen-bond donors (Lipinski definition) is 1. The van der Waals surface area contributed by atoms with Crippen molar-refractivity contribution in [2.45, 2.75) is 38.4 Å². The van der Waals surface area contributed by atoms with Crippen molar-refractivity contribution in [2.75, 3.05) is 20.1 Å². The van der Waals surface area contributed by atoms with Crippen LogP contribution < -0.4 is 5.32 Å². The summed E-state index contributed by atoms with van der Waals surface area (Å²) in [5.41, 5.74) is 1.14. The summed E-state index contributed by atoms with van der Waals surface area (Å²) in [5, 5.41) is 3.26. The van der Waals surface area contributed by atoms with Crippen molar-refractivity contribution in [3.8, 4) is 0 Å². The van der Waals surface area contributed by atoms with E-state index in [9.17, 15) is 22.4 Å². The first-order chi connectivity index (χ1) is 14.5. The summed E-state index contributed by atoms with van der Waals surface area (Å²) >= 11 is 5.92. The van der Waals surface area contributed by atoms with E-state index >= 15 is 0 Å². The summed E-state index contributed by atoms with van der Waals surface area (Å²) in [5.74, 6) is -1.00. The second kappa shape index (κ2) is 9.17. The predicted molar refractivity (Wildman–Crippen MR) is 112 cm³/mol. The number of carbonyl (C=O) groups excluding carboxylic acids is 1. The van der Waals surface area contributed by atoms with Crippen LogP contribution in [0.2, 0.25) is 5.02 Å². The van der Waals surface area contributed by atoms with Gasteiger partial charge >= 0.3 is 6.18 Å². The van der Waals surface area contributed by atoms with Crippen LogP contribution in [-0.4, -0.2) is 30.9 Å². The van der Waals surface area contributed by atoms with Crippen LogP contribution in [0.1, 0.15) is 47.6 Å². The third-order valence-corrected chi connectivity index (χ3v) is 6.31. The van der Waals surface area contributed by atoms with Crippen molar-refractivity contribution in [3.63, 3.8) is 0 Å². The first kappa shape index (κ1) is 23.5. The van der Waals surface area contributed by atoms with Gasteiger partial charge in [-0.15, -0.1) is 0 Å². The molecule has 0 aromatic heterocycles. The molecule has 1 aliphatic rings. The molecule has 0 radical (unpaired) electrons. The molecule has 3 nitrogen and oxygen atoms in total. The molecule has 8 heteroatoms. The SMILES string of the molecule is Cc1cc(F)ccc1C1CNCCC1C(=O)N(C)C(C)c1cc(Cl)cc(C(F)(F)F)c1. The Morgan fingerprint density at radius 1 is 1.23 bits per heavy atom. The van der Waals surface area contributed by atoms with Crippen LogP contribution in [0.3, 0.4) is 0 Å². The summed E-state index contributed by atoms with van der Waals surface area (Å²) in [4.78, 5) is 14.9. The molecule has 1 aliphatic heterocycles. The number of aryl methyl sites for hydroxylation is 1. The molecule has 0 bridgehead atoms. The van der Waals surface area contributed by atoms with E-state index < -0.39 is 17.8 Å². The highest BCUT2D eigenvalue weighted by Crippen LogP contribution is 2.37. The topological polar surface area (TPSA) is 32.3 Å². The molecule has 1 heterocycles. The lowest BCUT2D eigenvalue weighted by Crippen LogP contribution is -2.44. The van der Waals surface area contributed by atoms with Crippen LogP contribution in [0.25, 0.3) is 0 Å². The third-order valence-electron chi connectivity index (χ3n) is 6.09. The molecule has 2 aromatic rings. The van der Waals surface area contributed by atoms with E-state index in [2.05, 4.69) is 5.32 Å². The van der Waals surface area contributed by atoms with Gasteiger partial charge in [-0.1, -0.05) is 17.7 Å². The van der Waals surface area contributed by atoms with Crippen LogP contribution in [0.5, 0.6) is 0 Å². The largest absolute Gasteiger partial charge is 0.416 e. The third kappa shape index (κ3) is 5.21. The fraction of sp³-hybridized carbons (Fsp3) is 0.435. The van der Waals surface area contributed by atoms with Crippen molar-refractivity contribution in [2.24, 2.45) is 5.92 Å². The summed E-state index contributed by atoms with van der Waals surface area (Å²) in [6.07, 6.45) is -3.94. The molecule has 0 spiro atoms. The summed E-state index contributed by atoms with van der Waals surface area (Å²) < 4.78 is 53.1. The van der Waals surface area contributed by atoms with Crippen LogP contribution in [0.4, 0.5) is 17.6 Å². The Morgan fingerprint density at radius 3 is 2.58 bits per heavy atom. The average molecular weight is 457 g/mol. The number of halogens is 5. The fourth-order valence-electron chi connectivity index (χ4n) is 4.23. The van der Waals surface area contributed by atoms with Gasteiger partial charge in [0, 0.05) is 30.5 Å². The van der Waals surface area contributed by atoms with Gasteiger partial charge < -0.3 is 10.2 Å². The highest BCUT2D eigenvalue weighted by molar-refractivity contribution is 6.30. The number of nitrogens with one attached hydrogen (secondary N) is 1. The van der Waals surface area contributed by atoms with Gasteiger partial charge in [0.15, 0.2) is 0 Å². The monoisotopic (exact) mass is 456 g/mol. The standard InChI is InChI=1S/C23H25ClF4N2O/c1-13-8-18(25)4-5-19(13)21-12-29-7-6-20(21)22(31)30(3)14(2)15-9-16(23(26,27)28)11-17(24)10-15/h4-5,8-11,14,20-21,29H,6-7,12H2,1-3H3. The molecule has 1 fully saturated rings. The number of alkyl halides is 3. The Labute approximate surface area is 184 Å². The molecule has 1 amide bonds. The number of carbonyl (C=O) groups is 1. The van der Waals surface area contributed by atoms with E-state index in [1.54, 1.807) is 20.0 Å². The molecule has 3 unspecified atom stereocenters. The summed E-state index contributed by atoms with van der Waals surface area (Å²) in [7, 11) is 1.60. The zero-order valence-corrected chi connectivity index (χ0v) is 18.3. The Kier molecular flexibility index (Phi) is 6.96. The second-order valence-electron chi connectivity index (χ2n) is 8.10. The maximum atomic E-state index is 13.6. The van der Waals surface area contributed by atoms with Crippen molar-refractivity contribution in [1.82, 2.24) is 10.2 Å². The number of piperidine rings is 1. The highest BCUT2D eigenvalue weighted by Gasteiger charge is 2.36. The molecule has 0 saturated carbocycles. The molecule has 3 atom stereocenters. The first-order valence-corrected chi connectivity index (χ1v) is 10.5. The number of hydrogen-bond acceptors (Lipinski definition) is 2. The van der Waals surface area contributed by atoms with E-state index in [0.717, 1.165) is 23.3 Å². The van der Waals surface area contributed by atoms with Gasteiger partial charge in [0.2, 0.25) is 5.91 Å². The first-order valence-electron chi connectivity index (χ1n) is 10.1. The maximum Gasteiger partial charge on any atom is 0.416 e. The minimum absolute atomic E-state index is 0.0285. The smallest absolute Gasteiger partial charge is 0.339 e. The van der Waals surface area contributed by atoms with E-state index in [-0.39, 0.29) is 28.6 Å². The number of nitrogens with zero attached hydrogens (tertiary/aromatic N) is 1. The number of rotatable bonds is 4. The molecular weight excluding hydrogens is 432 g/mol. The lowest BCUT2D eigenvalue weighted by Gasteiger charge is -2.37. The van der Waals surface area contributed by atoms with Gasteiger partial charge in [-0.2, -0.15) is 13.2 Å². The van der Waals surface area contributed by atoms with Crippen LogP contribution in [0.15, 0.2) is 36.4 Å². The Balaban J connectivity index is 1.87. The van der Waals surface area contributed by atoms with E-state index in [1.165, 1.54) is 23.1 Å². The van der Waals surface area contributed by atoms with E-state index in [4.69, 9.17) is 11.6 Å². The molecule has 168 valence electrons. The summed E-state index contributed by atoms with van der Waals surface area (Å²) in [6.45, 7) is 4.72. The van der Waals surface area contributed by atoms with Crippen LogP contribution in [0, 0.1) is 18.7 Å². The summed E-state index contributed by atoms with van der Waals surface area (Å²) in [6, 6.07) is 7.30. The van der Waals surface area contributed by atoms with Gasteiger partial charge in [-0.05, 0) is 73.8 Å². The van der Waals surface area contributed by atoms with Gasteiger partial charge in [-0.25, -0.2) is 4.39 Å². The molecule has 2 aromatic carbocycles. The molecule has 31 heavy (non-hydrogen) atoms. The minimum Gasteiger partial charge on any atom is -0.339 e. The van der Waals surface area contributed by atoms with Crippen LogP contribution >= 0.6 is 11.6 Å². The van der Waals surface area contributed by atoms with Gasteiger partial charge in [-0.3, -0.25) is 4.79 Å². The molecule has 3 rings (SSSR count). The van der Waals surface area contributed by atoms with E-state index in [0.29, 0.717) is 25.1 Å². The van der Waals surface area contributed by atoms with Gasteiger partial charge in [0.05, 0.1) is 11.6 Å². The highest BCUT2D eigenvalue weighted by atomic mass is 35.5. The Morgan fingerprint density at radius 2 is 1.94 bits per heavy atom. The Hall–Kier alpha value is -2.12. The molecule has 1 N–H and O–H groups in total. The number of benzene rings is 2. The molecular formula is C23H25ClF4N2O. The normalized spacial score (nSPS) is 20.4. The fourth-order valence-corrected chi connectivity index (χ4v) is 4.47. The minimum atomic E-state index is -4.53. The van der Waals surface area contributed by atoms with Crippen molar-refractivity contribution < 1.29 is 22.4 Å². The van der Waals surface area contributed by atoms with E-state index in [1.807, 2.05) is 6.92 Å². The average Bonchev–Trinajstić information content (AvgIpc) is 2.71. The lowest BCUT2D eigenvalue weighted by molar-refractivity contribution is -0.137. The second-order valence-corrected chi connectivity index (χ2v) is 8.54. The Bertz CT molecular complexity index is 963. The van der Waals surface area contributed by atoms with Crippen LogP contribution in [-0.2, 0) is 11.0 Å². The maximum absolute atomic E-state index is 13.6. The van der Waals surface area contributed by atoms with Crippen molar-refractivity contribution in [1.29, 1.82) is 0 Å². The zero-order chi connectivity index (χ0) is 22.9. The van der Waals surface area contributed by atoms with Gasteiger partial charge in [0.1, 0.15) is 5.82 Å². The van der Waals surface area contributed by atoms with Crippen molar-refractivity contribution >= 4 is 17.5 Å². The zero-order valence-electron chi connectivity index (χ0n) is 17.6.